The normalized spacial score (nSPS) is 15.7. The molecule has 1 N–H and O–H groups in total. The Morgan fingerprint density at radius 3 is 2.78 bits per heavy atom. The summed E-state index contributed by atoms with van der Waals surface area (Å²) in [7, 11) is 0. The molecule has 1 fully saturated rings. The van der Waals surface area contributed by atoms with Gasteiger partial charge in [-0.3, -0.25) is 10.1 Å². The van der Waals surface area contributed by atoms with Gasteiger partial charge >= 0.3 is 5.69 Å². The van der Waals surface area contributed by atoms with Crippen LogP contribution in [-0.2, 0) is 0 Å². The quantitative estimate of drug-likeness (QED) is 0.637. The number of rotatable bonds is 2. The number of hydrogen-bond donors (Lipinski definition) is 1. The van der Waals surface area contributed by atoms with Crippen LogP contribution in [0.1, 0.15) is 0 Å². The van der Waals surface area contributed by atoms with Gasteiger partial charge in [-0.05, 0) is 6.07 Å². The number of nitro groups is 1. The summed E-state index contributed by atoms with van der Waals surface area (Å²) in [4.78, 5) is 16.5. The molecule has 0 spiro atoms. The maximum Gasteiger partial charge on any atom is 0.311 e. The van der Waals surface area contributed by atoms with Crippen molar-refractivity contribution in [2.45, 2.75) is 6.10 Å². The average molecular weight is 245 g/mol. The highest BCUT2D eigenvalue weighted by molar-refractivity contribution is 5.96. The van der Waals surface area contributed by atoms with Crippen molar-refractivity contribution in [2.24, 2.45) is 0 Å². The van der Waals surface area contributed by atoms with Crippen molar-refractivity contribution < 1.29 is 10.0 Å². The molecule has 1 saturated heterocycles. The molecule has 2 aromatic rings. The average Bonchev–Trinajstić information content (AvgIpc) is 2.33. The second kappa shape index (κ2) is 3.92. The Hall–Kier alpha value is -2.21. The number of para-hydroxylation sites is 1. The molecular formula is C12H11N3O3. The summed E-state index contributed by atoms with van der Waals surface area (Å²) >= 11 is 0. The minimum atomic E-state index is -0.431. The number of aliphatic hydroxyl groups is 1. The van der Waals surface area contributed by atoms with E-state index in [1.165, 1.54) is 6.20 Å². The first-order chi connectivity index (χ1) is 8.66. The molecule has 0 amide bonds. The van der Waals surface area contributed by atoms with Gasteiger partial charge in [0.15, 0.2) is 0 Å². The Balaban J connectivity index is 2.22. The van der Waals surface area contributed by atoms with Crippen LogP contribution in [0.5, 0.6) is 0 Å². The summed E-state index contributed by atoms with van der Waals surface area (Å²) in [5.41, 5.74) is 1.26. The number of nitrogens with zero attached hydrogens (tertiary/aromatic N) is 3. The number of β-amino-alcohol motifs (C(OH)–C–C–N with tert-alkyl or cyclic N) is 1. The van der Waals surface area contributed by atoms with Crippen molar-refractivity contribution in [3.63, 3.8) is 0 Å². The summed E-state index contributed by atoms with van der Waals surface area (Å²) in [6.45, 7) is 0.851. The molecule has 0 atom stereocenters. The topological polar surface area (TPSA) is 79.5 Å². The summed E-state index contributed by atoms with van der Waals surface area (Å²) in [5, 5.41) is 21.2. The van der Waals surface area contributed by atoms with Crippen molar-refractivity contribution in [3.05, 3.63) is 40.6 Å². The third-order valence-electron chi connectivity index (χ3n) is 3.10. The van der Waals surface area contributed by atoms with Crippen LogP contribution in [-0.4, -0.2) is 34.2 Å². The van der Waals surface area contributed by atoms with Crippen molar-refractivity contribution >= 4 is 22.3 Å². The Labute approximate surface area is 103 Å². The zero-order valence-electron chi connectivity index (χ0n) is 9.48. The number of pyridine rings is 1. The Morgan fingerprint density at radius 1 is 1.39 bits per heavy atom. The molecule has 1 aliphatic rings. The molecule has 1 aromatic carbocycles. The third-order valence-corrected chi connectivity index (χ3v) is 3.10. The fourth-order valence-electron chi connectivity index (χ4n) is 2.22. The number of aliphatic hydroxyl groups excluding tert-OH is 1. The maximum atomic E-state index is 11.1. The van der Waals surface area contributed by atoms with Crippen LogP contribution in [0.2, 0.25) is 0 Å². The molecule has 1 aromatic heterocycles. The second-order valence-electron chi connectivity index (χ2n) is 4.33. The highest BCUT2D eigenvalue weighted by atomic mass is 16.6. The van der Waals surface area contributed by atoms with Crippen molar-refractivity contribution in [1.29, 1.82) is 0 Å². The fourth-order valence-corrected chi connectivity index (χ4v) is 2.22. The standard InChI is InChI=1S/C12H11N3O3/c16-8-6-14(7-8)12-9-3-1-2-4-10(9)13-5-11(12)15(17)18/h1-5,8,16H,6-7H2. The number of aromatic nitrogens is 1. The van der Waals surface area contributed by atoms with Gasteiger partial charge in [-0.25, -0.2) is 4.98 Å². The lowest BCUT2D eigenvalue weighted by molar-refractivity contribution is -0.384. The van der Waals surface area contributed by atoms with Crippen LogP contribution in [0, 0.1) is 10.1 Å². The smallest absolute Gasteiger partial charge is 0.311 e. The van der Waals surface area contributed by atoms with Crippen LogP contribution in [0.3, 0.4) is 0 Å². The molecule has 0 unspecified atom stereocenters. The lowest BCUT2D eigenvalue weighted by Gasteiger charge is -2.37. The number of anilines is 1. The Kier molecular flexibility index (Phi) is 2.38. The molecule has 0 bridgehead atoms. The molecule has 1 aliphatic heterocycles. The first-order valence-electron chi connectivity index (χ1n) is 5.62. The van der Waals surface area contributed by atoms with Crippen LogP contribution in [0.4, 0.5) is 11.4 Å². The molecule has 0 saturated carbocycles. The van der Waals surface area contributed by atoms with E-state index in [4.69, 9.17) is 0 Å². The summed E-state index contributed by atoms with van der Waals surface area (Å²) in [6, 6.07) is 7.30. The van der Waals surface area contributed by atoms with Crippen molar-refractivity contribution in [1.82, 2.24) is 4.98 Å². The van der Waals surface area contributed by atoms with Gasteiger partial charge in [-0.15, -0.1) is 0 Å². The van der Waals surface area contributed by atoms with E-state index in [-0.39, 0.29) is 5.69 Å². The van der Waals surface area contributed by atoms with Gasteiger partial charge in [0, 0.05) is 18.5 Å². The lowest BCUT2D eigenvalue weighted by atomic mass is 10.1. The molecule has 6 heteroatoms. The van der Waals surface area contributed by atoms with E-state index >= 15 is 0 Å². The van der Waals surface area contributed by atoms with Gasteiger partial charge in [0.25, 0.3) is 0 Å². The predicted octanol–water partition coefficient (Wildman–Crippen LogP) is 1.32. The van der Waals surface area contributed by atoms with Gasteiger partial charge in [-0.1, -0.05) is 18.2 Å². The molecule has 0 aliphatic carbocycles. The van der Waals surface area contributed by atoms with Crippen LogP contribution >= 0.6 is 0 Å². The largest absolute Gasteiger partial charge is 0.389 e. The SMILES string of the molecule is O=[N+]([O-])c1cnc2ccccc2c1N1CC(O)C1. The Morgan fingerprint density at radius 2 is 2.11 bits per heavy atom. The molecule has 2 heterocycles. The number of fused-ring (bicyclic) bond motifs is 1. The second-order valence-corrected chi connectivity index (χ2v) is 4.33. The number of hydrogen-bond acceptors (Lipinski definition) is 5. The van der Waals surface area contributed by atoms with Crippen molar-refractivity contribution in [2.75, 3.05) is 18.0 Å². The van der Waals surface area contributed by atoms with Gasteiger partial charge in [-0.2, -0.15) is 0 Å². The van der Waals surface area contributed by atoms with E-state index in [2.05, 4.69) is 4.98 Å². The maximum absolute atomic E-state index is 11.1. The zero-order chi connectivity index (χ0) is 12.7. The third kappa shape index (κ3) is 1.58. The van der Waals surface area contributed by atoms with E-state index in [1.54, 1.807) is 0 Å². The minimum absolute atomic E-state index is 0.0133. The van der Waals surface area contributed by atoms with E-state index in [0.717, 1.165) is 10.9 Å². The highest BCUT2D eigenvalue weighted by Gasteiger charge is 2.31. The molecule has 6 nitrogen and oxygen atoms in total. The van der Waals surface area contributed by atoms with Gasteiger partial charge in [0.05, 0.1) is 16.5 Å². The van der Waals surface area contributed by atoms with Crippen LogP contribution < -0.4 is 4.90 Å². The van der Waals surface area contributed by atoms with Crippen LogP contribution in [0.15, 0.2) is 30.5 Å². The molecule has 18 heavy (non-hydrogen) atoms. The van der Waals surface area contributed by atoms with E-state index in [0.29, 0.717) is 18.8 Å². The lowest BCUT2D eigenvalue weighted by Crippen LogP contribution is -2.51. The summed E-state index contributed by atoms with van der Waals surface area (Å²) in [5.74, 6) is 0. The first kappa shape index (κ1) is 10.9. The fraction of sp³-hybridized carbons (Fsp3) is 0.250. The molecular weight excluding hydrogens is 234 g/mol. The molecule has 92 valence electrons. The first-order valence-corrected chi connectivity index (χ1v) is 5.62. The summed E-state index contributed by atoms with van der Waals surface area (Å²) < 4.78 is 0. The summed E-state index contributed by atoms with van der Waals surface area (Å²) in [6.07, 6.45) is 0.874. The minimum Gasteiger partial charge on any atom is -0.389 e. The predicted molar refractivity (Wildman–Crippen MR) is 66.6 cm³/mol. The monoisotopic (exact) mass is 245 g/mol. The van der Waals surface area contributed by atoms with E-state index < -0.39 is 11.0 Å². The van der Waals surface area contributed by atoms with E-state index in [9.17, 15) is 15.2 Å². The highest BCUT2D eigenvalue weighted by Crippen LogP contribution is 2.36. The van der Waals surface area contributed by atoms with Crippen molar-refractivity contribution in [3.8, 4) is 0 Å². The molecule has 0 radical (unpaired) electrons. The van der Waals surface area contributed by atoms with Crippen LogP contribution in [0.25, 0.3) is 10.9 Å². The van der Waals surface area contributed by atoms with E-state index in [1.807, 2.05) is 29.2 Å². The zero-order valence-corrected chi connectivity index (χ0v) is 9.48. The number of benzene rings is 1. The Bertz CT molecular complexity index is 623. The molecule has 3 rings (SSSR count). The van der Waals surface area contributed by atoms with Gasteiger partial charge in [0.1, 0.15) is 11.9 Å². The van der Waals surface area contributed by atoms with Gasteiger partial charge < -0.3 is 10.0 Å². The van der Waals surface area contributed by atoms with Gasteiger partial charge in [0.2, 0.25) is 0 Å².